The lowest BCUT2D eigenvalue weighted by Gasteiger charge is -2.16. The van der Waals surface area contributed by atoms with Crippen LogP contribution >= 0.6 is 15.3 Å². The minimum Gasteiger partial charge on any atom is -0.287 e. The highest BCUT2D eigenvalue weighted by molar-refractivity contribution is 9.26. The van der Waals surface area contributed by atoms with Crippen molar-refractivity contribution >= 4 is 32.7 Å². The van der Waals surface area contributed by atoms with Crippen molar-refractivity contribution < 1.29 is 4.11 Å². The second-order valence-corrected chi connectivity index (χ2v) is 9.89. The highest BCUT2D eigenvalue weighted by atomic mass is 79.9. The summed E-state index contributed by atoms with van der Waals surface area (Å²) in [6.45, 7) is 4.01. The molecule has 0 bridgehead atoms. The van der Waals surface area contributed by atoms with Gasteiger partial charge in [-0.2, -0.15) is 0 Å². The number of halogens is 2. The molecule has 0 heterocycles. The summed E-state index contributed by atoms with van der Waals surface area (Å²) in [5.41, 5.74) is 2.30. The first-order valence-corrected chi connectivity index (χ1v) is 9.66. The molecule has 0 fully saturated rings. The summed E-state index contributed by atoms with van der Waals surface area (Å²) in [6.07, 6.45) is 0. The number of benzene rings is 2. The lowest BCUT2D eigenvalue weighted by Crippen LogP contribution is -2.49. The van der Waals surface area contributed by atoms with Crippen LogP contribution in [0.4, 0.5) is 4.11 Å². The van der Waals surface area contributed by atoms with Gasteiger partial charge in [0, 0.05) is 0 Å². The van der Waals surface area contributed by atoms with Gasteiger partial charge in [0.2, 0.25) is 0 Å². The maximum Gasteiger partial charge on any atom is 0.376 e. The van der Waals surface area contributed by atoms with Gasteiger partial charge in [0.25, 0.3) is 0 Å². The van der Waals surface area contributed by atoms with E-state index < -0.39 is 7.03 Å². The minimum atomic E-state index is -3.19. The Kier molecular flexibility index (Phi) is 3.49. The molecule has 17 heavy (non-hydrogen) atoms. The standard InChI is InChI=1S/C14H14BrFSi/c1-11-3-7-13(8-4-11)17(15,16)14-9-5-12(2)6-10-14/h3-10H,1-2H3. The molecule has 2 aromatic carbocycles. The SMILES string of the molecule is Cc1ccc([Si](F)(Br)c2ccc(C)cc2)cc1. The molecule has 0 aliphatic carbocycles. The smallest absolute Gasteiger partial charge is 0.287 e. The summed E-state index contributed by atoms with van der Waals surface area (Å²) in [5, 5.41) is 1.51. The van der Waals surface area contributed by atoms with Gasteiger partial charge in [0.05, 0.1) is 0 Å². The molecular formula is C14H14BrFSi. The fourth-order valence-corrected chi connectivity index (χ4v) is 4.78. The predicted molar refractivity (Wildman–Crippen MR) is 77.4 cm³/mol. The van der Waals surface area contributed by atoms with Crippen LogP contribution in [0.2, 0.25) is 0 Å². The van der Waals surface area contributed by atoms with E-state index in [2.05, 4.69) is 15.3 Å². The Hall–Kier alpha value is -0.933. The third kappa shape index (κ3) is 2.67. The monoisotopic (exact) mass is 308 g/mol. The quantitative estimate of drug-likeness (QED) is 0.590. The average molecular weight is 309 g/mol. The molecule has 88 valence electrons. The number of hydrogen-bond donors (Lipinski definition) is 0. The molecule has 0 atom stereocenters. The summed E-state index contributed by atoms with van der Waals surface area (Å²) in [4.78, 5) is 0. The molecule has 0 spiro atoms. The van der Waals surface area contributed by atoms with Gasteiger partial charge in [-0.25, -0.2) is 0 Å². The molecule has 0 amide bonds. The summed E-state index contributed by atoms with van der Waals surface area (Å²) in [7, 11) is -3.19. The Morgan fingerprint density at radius 1 is 0.765 bits per heavy atom. The minimum absolute atomic E-state index is 0.756. The first kappa shape index (κ1) is 12.5. The molecule has 2 aromatic rings. The summed E-state index contributed by atoms with van der Waals surface area (Å²) in [5.74, 6) is 0. The Labute approximate surface area is 110 Å². The second-order valence-electron chi connectivity index (χ2n) is 4.31. The summed E-state index contributed by atoms with van der Waals surface area (Å²) < 4.78 is 14.9. The third-order valence-electron chi connectivity index (χ3n) is 2.83. The van der Waals surface area contributed by atoms with Crippen LogP contribution in [0, 0.1) is 13.8 Å². The molecular weight excluding hydrogens is 295 g/mol. The van der Waals surface area contributed by atoms with E-state index in [1.807, 2.05) is 62.4 Å². The highest BCUT2D eigenvalue weighted by Crippen LogP contribution is 2.15. The van der Waals surface area contributed by atoms with Crippen LogP contribution in [-0.4, -0.2) is 7.03 Å². The number of aryl methyl sites for hydroxylation is 2. The topological polar surface area (TPSA) is 0 Å². The molecule has 0 saturated carbocycles. The van der Waals surface area contributed by atoms with Gasteiger partial charge in [-0.15, -0.1) is 0 Å². The molecule has 0 saturated heterocycles. The van der Waals surface area contributed by atoms with Gasteiger partial charge in [-0.05, 0) is 24.2 Å². The van der Waals surface area contributed by atoms with E-state index in [1.54, 1.807) is 0 Å². The van der Waals surface area contributed by atoms with Crippen LogP contribution in [0.5, 0.6) is 0 Å². The van der Waals surface area contributed by atoms with Crippen molar-refractivity contribution in [3.05, 3.63) is 59.7 Å². The molecule has 2 rings (SSSR count). The van der Waals surface area contributed by atoms with E-state index in [0.717, 1.165) is 21.5 Å². The second kappa shape index (κ2) is 4.74. The van der Waals surface area contributed by atoms with Crippen molar-refractivity contribution in [2.45, 2.75) is 13.8 Å². The Morgan fingerprint density at radius 3 is 1.35 bits per heavy atom. The van der Waals surface area contributed by atoms with E-state index >= 15 is 0 Å². The summed E-state index contributed by atoms with van der Waals surface area (Å²) >= 11 is 3.32. The number of rotatable bonds is 2. The van der Waals surface area contributed by atoms with E-state index in [4.69, 9.17) is 0 Å². The van der Waals surface area contributed by atoms with Crippen molar-refractivity contribution in [1.82, 2.24) is 0 Å². The fraction of sp³-hybridized carbons (Fsp3) is 0.143. The largest absolute Gasteiger partial charge is 0.376 e. The Balaban J connectivity index is 2.41. The van der Waals surface area contributed by atoms with Gasteiger partial charge in [-0.3, -0.25) is 4.11 Å². The molecule has 0 aromatic heterocycles. The predicted octanol–water partition coefficient (Wildman–Crippen LogP) is 3.22. The van der Waals surface area contributed by atoms with Crippen LogP contribution in [-0.2, 0) is 0 Å². The van der Waals surface area contributed by atoms with Crippen molar-refractivity contribution in [1.29, 1.82) is 0 Å². The third-order valence-corrected chi connectivity index (χ3v) is 7.69. The van der Waals surface area contributed by atoms with Crippen molar-refractivity contribution in [2.24, 2.45) is 0 Å². The lowest BCUT2D eigenvalue weighted by atomic mass is 10.2. The molecule has 0 nitrogen and oxygen atoms in total. The Morgan fingerprint density at radius 2 is 1.06 bits per heavy atom. The lowest BCUT2D eigenvalue weighted by molar-refractivity contribution is 0.858. The summed E-state index contributed by atoms with van der Waals surface area (Å²) in [6, 6.07) is 15.3. The van der Waals surface area contributed by atoms with Gasteiger partial charge >= 0.3 is 7.03 Å². The van der Waals surface area contributed by atoms with E-state index in [9.17, 15) is 4.11 Å². The van der Waals surface area contributed by atoms with Gasteiger partial charge < -0.3 is 0 Å². The van der Waals surface area contributed by atoms with Crippen LogP contribution < -0.4 is 10.4 Å². The maximum atomic E-state index is 14.9. The molecule has 0 N–H and O–H groups in total. The highest BCUT2D eigenvalue weighted by Gasteiger charge is 2.35. The fourth-order valence-electron chi connectivity index (χ4n) is 1.69. The average Bonchev–Trinajstić information content (AvgIpc) is 2.30. The zero-order valence-electron chi connectivity index (χ0n) is 9.87. The molecule has 0 aliphatic rings. The van der Waals surface area contributed by atoms with E-state index in [0.29, 0.717) is 0 Å². The maximum absolute atomic E-state index is 14.9. The van der Waals surface area contributed by atoms with E-state index in [1.165, 1.54) is 0 Å². The van der Waals surface area contributed by atoms with Gasteiger partial charge in [-0.1, -0.05) is 75.0 Å². The van der Waals surface area contributed by atoms with Crippen LogP contribution in [0.3, 0.4) is 0 Å². The van der Waals surface area contributed by atoms with Gasteiger partial charge in [0.1, 0.15) is 0 Å². The Bertz CT molecular complexity index is 455. The van der Waals surface area contributed by atoms with Crippen LogP contribution in [0.15, 0.2) is 48.5 Å². The van der Waals surface area contributed by atoms with Crippen molar-refractivity contribution in [2.75, 3.05) is 0 Å². The first-order chi connectivity index (χ1) is 8.00. The van der Waals surface area contributed by atoms with Crippen molar-refractivity contribution in [3.8, 4) is 0 Å². The van der Waals surface area contributed by atoms with Crippen LogP contribution in [0.1, 0.15) is 11.1 Å². The zero-order chi connectivity index (χ0) is 12.5. The first-order valence-electron chi connectivity index (χ1n) is 5.52. The molecule has 3 heteroatoms. The van der Waals surface area contributed by atoms with E-state index in [-0.39, 0.29) is 0 Å². The molecule has 0 unspecified atom stereocenters. The zero-order valence-corrected chi connectivity index (χ0v) is 12.5. The normalized spacial score (nSPS) is 11.5. The van der Waals surface area contributed by atoms with Crippen molar-refractivity contribution in [3.63, 3.8) is 0 Å². The van der Waals surface area contributed by atoms with Gasteiger partial charge in [0.15, 0.2) is 0 Å². The molecule has 0 radical (unpaired) electrons. The van der Waals surface area contributed by atoms with Crippen LogP contribution in [0.25, 0.3) is 0 Å². The number of hydrogen-bond acceptors (Lipinski definition) is 0. The molecule has 0 aliphatic heterocycles.